The average molecular weight is 262 g/mol. The molecule has 0 fully saturated rings. The van der Waals surface area contributed by atoms with Gasteiger partial charge in [0.15, 0.2) is 5.65 Å². The molecule has 0 bridgehead atoms. The fourth-order valence-electron chi connectivity index (χ4n) is 1.88. The molecule has 0 saturated heterocycles. The lowest BCUT2D eigenvalue weighted by atomic mass is 10.3. The first kappa shape index (κ1) is 13.3. The number of nitrogens with zero attached hydrogens (tertiary/aromatic N) is 3. The van der Waals surface area contributed by atoms with Crippen LogP contribution in [0.2, 0.25) is 0 Å². The van der Waals surface area contributed by atoms with Gasteiger partial charge in [0.2, 0.25) is 0 Å². The Labute approximate surface area is 111 Å². The fraction of sp³-hybridized carbons (Fsp3) is 0.462. The zero-order valence-corrected chi connectivity index (χ0v) is 11.5. The van der Waals surface area contributed by atoms with Crippen molar-refractivity contribution in [2.45, 2.75) is 32.9 Å². The molecule has 1 atom stereocenters. The Bertz CT molecular complexity index is 591. The molecule has 0 amide bonds. The van der Waals surface area contributed by atoms with Gasteiger partial charge in [-0.25, -0.2) is 14.5 Å². The molecular formula is C13H18N4O2. The van der Waals surface area contributed by atoms with Crippen molar-refractivity contribution in [3.8, 4) is 0 Å². The third-order valence-corrected chi connectivity index (χ3v) is 2.86. The van der Waals surface area contributed by atoms with Gasteiger partial charge in [0, 0.05) is 11.4 Å². The first-order chi connectivity index (χ1) is 9.02. The van der Waals surface area contributed by atoms with Gasteiger partial charge < -0.3 is 10.1 Å². The number of ether oxygens (including phenoxy) is 1. The summed E-state index contributed by atoms with van der Waals surface area (Å²) in [7, 11) is 1.37. The summed E-state index contributed by atoms with van der Waals surface area (Å²) >= 11 is 0. The number of carbonyl (C=O) groups is 1. The summed E-state index contributed by atoms with van der Waals surface area (Å²) in [5, 5.41) is 8.29. The van der Waals surface area contributed by atoms with Gasteiger partial charge in [0.25, 0.3) is 0 Å². The van der Waals surface area contributed by atoms with Crippen LogP contribution >= 0.6 is 0 Å². The van der Waals surface area contributed by atoms with E-state index in [2.05, 4.69) is 34.0 Å². The van der Waals surface area contributed by atoms with E-state index in [9.17, 15) is 4.79 Å². The van der Waals surface area contributed by atoms with E-state index in [0.29, 0.717) is 0 Å². The first-order valence-electron chi connectivity index (χ1n) is 6.20. The average Bonchev–Trinajstić information content (AvgIpc) is 2.80. The first-order valence-corrected chi connectivity index (χ1v) is 6.20. The Morgan fingerprint density at radius 3 is 2.74 bits per heavy atom. The van der Waals surface area contributed by atoms with Gasteiger partial charge in [0.05, 0.1) is 25.2 Å². The molecule has 2 aromatic rings. The summed E-state index contributed by atoms with van der Waals surface area (Å²) in [6.45, 7) is 5.85. The van der Waals surface area contributed by atoms with Gasteiger partial charge in [-0.3, -0.25) is 0 Å². The maximum atomic E-state index is 11.4. The van der Waals surface area contributed by atoms with Gasteiger partial charge in [-0.15, -0.1) is 0 Å². The summed E-state index contributed by atoms with van der Waals surface area (Å²) in [6, 6.07) is 1.77. The van der Waals surface area contributed by atoms with Gasteiger partial charge in [-0.2, -0.15) is 5.10 Å². The molecule has 6 nitrogen and oxygen atoms in total. The van der Waals surface area contributed by atoms with Crippen LogP contribution in [0.5, 0.6) is 0 Å². The molecule has 0 saturated carbocycles. The number of rotatable bonds is 4. The van der Waals surface area contributed by atoms with Crippen molar-refractivity contribution in [2.24, 2.45) is 0 Å². The predicted octanol–water partition coefficient (Wildman–Crippen LogP) is 1.99. The molecule has 1 N–H and O–H groups in total. The fourth-order valence-corrected chi connectivity index (χ4v) is 1.88. The third kappa shape index (κ3) is 2.67. The van der Waals surface area contributed by atoms with E-state index in [4.69, 9.17) is 0 Å². The molecule has 2 aromatic heterocycles. The molecule has 0 spiro atoms. The third-order valence-electron chi connectivity index (χ3n) is 2.86. The Morgan fingerprint density at radius 2 is 2.11 bits per heavy atom. The number of anilines is 1. The van der Waals surface area contributed by atoms with Crippen LogP contribution in [0.3, 0.4) is 0 Å². The molecule has 19 heavy (non-hydrogen) atoms. The summed E-state index contributed by atoms with van der Waals surface area (Å²) in [6.07, 6.45) is 3.47. The zero-order valence-electron chi connectivity index (χ0n) is 11.5. The Hall–Kier alpha value is -2.11. The van der Waals surface area contributed by atoms with Crippen molar-refractivity contribution in [1.82, 2.24) is 14.8 Å². The van der Waals surface area contributed by atoms with Gasteiger partial charge in [-0.05, 0) is 26.8 Å². The Morgan fingerprint density at radius 1 is 1.37 bits per heavy atom. The van der Waals surface area contributed by atoms with Crippen molar-refractivity contribution in [2.75, 3.05) is 12.4 Å². The molecule has 6 heteroatoms. The normalized spacial score (nSPS) is 12.7. The molecule has 0 aliphatic heterocycles. The molecule has 2 rings (SSSR count). The van der Waals surface area contributed by atoms with E-state index >= 15 is 0 Å². The lowest BCUT2D eigenvalue weighted by Gasteiger charge is -2.12. The second-order valence-electron chi connectivity index (χ2n) is 4.71. The number of carbonyl (C=O) groups excluding carboxylic acids is 1. The van der Waals surface area contributed by atoms with Crippen LogP contribution in [0, 0.1) is 0 Å². The van der Waals surface area contributed by atoms with Crippen LogP contribution < -0.4 is 5.32 Å². The highest BCUT2D eigenvalue weighted by Gasteiger charge is 2.14. The quantitative estimate of drug-likeness (QED) is 0.853. The number of fused-ring (bicyclic) bond motifs is 1. The second-order valence-corrected chi connectivity index (χ2v) is 4.71. The van der Waals surface area contributed by atoms with Crippen molar-refractivity contribution in [3.63, 3.8) is 0 Å². The van der Waals surface area contributed by atoms with E-state index in [1.54, 1.807) is 19.3 Å². The second kappa shape index (κ2) is 5.26. The highest BCUT2D eigenvalue weighted by atomic mass is 16.5. The highest BCUT2D eigenvalue weighted by molar-refractivity contribution is 5.82. The van der Waals surface area contributed by atoms with Crippen molar-refractivity contribution < 1.29 is 9.53 Å². The van der Waals surface area contributed by atoms with E-state index in [1.807, 2.05) is 10.7 Å². The number of methoxy groups -OCH3 is 1. The molecule has 0 aliphatic carbocycles. The van der Waals surface area contributed by atoms with Gasteiger partial charge >= 0.3 is 5.97 Å². The van der Waals surface area contributed by atoms with Crippen molar-refractivity contribution in [3.05, 3.63) is 18.5 Å². The smallest absolute Gasteiger partial charge is 0.327 e. The van der Waals surface area contributed by atoms with Crippen molar-refractivity contribution >= 4 is 22.7 Å². The van der Waals surface area contributed by atoms with Crippen LogP contribution in [-0.2, 0) is 9.53 Å². The van der Waals surface area contributed by atoms with Crippen LogP contribution in [-0.4, -0.2) is 33.9 Å². The Balaban J connectivity index is 2.25. The summed E-state index contributed by atoms with van der Waals surface area (Å²) in [4.78, 5) is 15.7. The summed E-state index contributed by atoms with van der Waals surface area (Å²) < 4.78 is 6.53. The van der Waals surface area contributed by atoms with E-state index in [0.717, 1.165) is 16.7 Å². The predicted molar refractivity (Wildman–Crippen MR) is 73.0 cm³/mol. The van der Waals surface area contributed by atoms with E-state index in [-0.39, 0.29) is 12.0 Å². The lowest BCUT2D eigenvalue weighted by Crippen LogP contribution is -2.27. The zero-order chi connectivity index (χ0) is 14.0. The van der Waals surface area contributed by atoms with Gasteiger partial charge in [0.1, 0.15) is 6.04 Å². The van der Waals surface area contributed by atoms with Crippen LogP contribution in [0.15, 0.2) is 18.5 Å². The molecule has 102 valence electrons. The van der Waals surface area contributed by atoms with E-state index in [1.165, 1.54) is 7.11 Å². The highest BCUT2D eigenvalue weighted by Crippen LogP contribution is 2.19. The maximum absolute atomic E-state index is 11.4. The topological polar surface area (TPSA) is 69.0 Å². The summed E-state index contributed by atoms with van der Waals surface area (Å²) in [5.41, 5.74) is 1.61. The monoisotopic (exact) mass is 262 g/mol. The Kier molecular flexibility index (Phi) is 3.69. The molecule has 0 aromatic carbocycles. The minimum Gasteiger partial charge on any atom is -0.467 e. The molecule has 1 unspecified atom stereocenters. The van der Waals surface area contributed by atoms with Crippen LogP contribution in [0.1, 0.15) is 26.8 Å². The van der Waals surface area contributed by atoms with Crippen molar-refractivity contribution in [1.29, 1.82) is 0 Å². The number of hydrogen-bond acceptors (Lipinski definition) is 5. The minimum atomic E-state index is -0.413. The standard InChI is InChI=1S/C13H18N4O2/c1-8(2)17-12-10(6-15-17)5-11(7-14-12)16-9(3)13(18)19-4/h5-9,16H,1-4H3. The minimum absolute atomic E-state index is 0.262. The van der Waals surface area contributed by atoms with Crippen LogP contribution in [0.4, 0.5) is 5.69 Å². The SMILES string of the molecule is COC(=O)C(C)Nc1cnc2c(cnn2C(C)C)c1. The number of aromatic nitrogens is 3. The molecule has 0 aliphatic rings. The molecular weight excluding hydrogens is 244 g/mol. The number of hydrogen-bond donors (Lipinski definition) is 1. The maximum Gasteiger partial charge on any atom is 0.327 e. The number of pyridine rings is 1. The largest absolute Gasteiger partial charge is 0.467 e. The number of esters is 1. The molecule has 2 heterocycles. The van der Waals surface area contributed by atoms with Crippen LogP contribution in [0.25, 0.3) is 11.0 Å². The van der Waals surface area contributed by atoms with Gasteiger partial charge in [-0.1, -0.05) is 0 Å². The summed E-state index contributed by atoms with van der Waals surface area (Å²) in [5.74, 6) is -0.307. The number of nitrogens with one attached hydrogen (secondary N) is 1. The molecule has 0 radical (unpaired) electrons. The lowest BCUT2D eigenvalue weighted by molar-refractivity contribution is -0.141. The van der Waals surface area contributed by atoms with E-state index < -0.39 is 6.04 Å².